The van der Waals surface area contributed by atoms with Crippen LogP contribution in [-0.2, 0) is 12.0 Å². The molecule has 8 heteroatoms. The lowest BCUT2D eigenvalue weighted by molar-refractivity contribution is 0.0937. The van der Waals surface area contributed by atoms with Crippen LogP contribution >= 0.6 is 0 Å². The van der Waals surface area contributed by atoms with Crippen molar-refractivity contribution >= 4 is 11.6 Å². The smallest absolute Gasteiger partial charge is 0.292 e. The minimum Gasteiger partial charge on any atom is -0.367 e. The molecule has 1 aliphatic rings. The maximum Gasteiger partial charge on any atom is 0.292 e. The first-order valence-corrected chi connectivity index (χ1v) is 12.3. The van der Waals surface area contributed by atoms with Crippen molar-refractivity contribution in [2.24, 2.45) is 0 Å². The summed E-state index contributed by atoms with van der Waals surface area (Å²) in [5.74, 6) is 6.29. The van der Waals surface area contributed by atoms with Crippen LogP contribution in [0.15, 0.2) is 41.2 Å². The Kier molecular flexibility index (Phi) is 7.70. The van der Waals surface area contributed by atoms with E-state index in [2.05, 4.69) is 73.3 Å². The van der Waals surface area contributed by atoms with Gasteiger partial charge in [-0.3, -0.25) is 14.7 Å². The van der Waals surface area contributed by atoms with Crippen LogP contribution in [0.25, 0.3) is 11.1 Å². The van der Waals surface area contributed by atoms with Crippen LogP contribution in [0.5, 0.6) is 0 Å². The number of aromatic nitrogens is 3. The van der Waals surface area contributed by atoms with Gasteiger partial charge in [0.1, 0.15) is 0 Å². The molecule has 0 aliphatic carbocycles. The molecule has 1 amide bonds. The molecule has 1 fully saturated rings. The van der Waals surface area contributed by atoms with E-state index in [0.717, 1.165) is 60.7 Å². The van der Waals surface area contributed by atoms with Crippen molar-refractivity contribution in [3.63, 3.8) is 0 Å². The maximum absolute atomic E-state index is 12.5. The maximum atomic E-state index is 12.5. The number of aryl methyl sites for hydroxylation is 1. The summed E-state index contributed by atoms with van der Waals surface area (Å²) < 4.78 is 5.24. The summed E-state index contributed by atoms with van der Waals surface area (Å²) in [6, 6.07) is 8.41. The van der Waals surface area contributed by atoms with E-state index in [-0.39, 0.29) is 17.1 Å². The molecule has 188 valence electrons. The summed E-state index contributed by atoms with van der Waals surface area (Å²) in [6.07, 6.45) is 3.79. The lowest BCUT2D eigenvalue weighted by Gasteiger charge is -2.36. The number of anilines is 1. The average molecular weight is 487 g/mol. The van der Waals surface area contributed by atoms with Crippen LogP contribution in [0.4, 0.5) is 5.69 Å². The molecule has 36 heavy (non-hydrogen) atoms. The highest BCUT2D eigenvalue weighted by molar-refractivity contribution is 5.90. The van der Waals surface area contributed by atoms with Gasteiger partial charge in [-0.15, -0.1) is 5.92 Å². The van der Waals surface area contributed by atoms with Crippen molar-refractivity contribution in [2.45, 2.75) is 46.6 Å². The van der Waals surface area contributed by atoms with Crippen LogP contribution in [0.2, 0.25) is 0 Å². The lowest BCUT2D eigenvalue weighted by Crippen LogP contribution is -2.46. The molecule has 4 rings (SSSR count). The van der Waals surface area contributed by atoms with E-state index >= 15 is 0 Å². The zero-order valence-electron chi connectivity index (χ0n) is 21.8. The molecule has 0 radical (unpaired) electrons. The van der Waals surface area contributed by atoms with Crippen LogP contribution in [-0.4, -0.2) is 58.7 Å². The van der Waals surface area contributed by atoms with Crippen LogP contribution in [0, 0.1) is 18.8 Å². The fourth-order valence-corrected chi connectivity index (χ4v) is 4.16. The first kappa shape index (κ1) is 25.4. The summed E-state index contributed by atoms with van der Waals surface area (Å²) in [5, 5.41) is 6.73. The van der Waals surface area contributed by atoms with E-state index in [9.17, 15) is 4.79 Å². The highest BCUT2D eigenvalue weighted by Gasteiger charge is 2.24. The molecular weight excluding hydrogens is 452 g/mol. The van der Waals surface area contributed by atoms with Gasteiger partial charge in [0.2, 0.25) is 5.89 Å². The molecule has 1 aliphatic heterocycles. The van der Waals surface area contributed by atoms with Crippen LogP contribution < -0.4 is 10.2 Å². The summed E-state index contributed by atoms with van der Waals surface area (Å²) in [4.78, 5) is 26.0. The van der Waals surface area contributed by atoms with Gasteiger partial charge < -0.3 is 14.7 Å². The van der Waals surface area contributed by atoms with Gasteiger partial charge in [-0.1, -0.05) is 50.0 Å². The van der Waals surface area contributed by atoms with Gasteiger partial charge in [-0.2, -0.15) is 4.98 Å². The topological polar surface area (TPSA) is 87.4 Å². The Morgan fingerprint density at radius 3 is 2.61 bits per heavy atom. The van der Waals surface area contributed by atoms with Crippen molar-refractivity contribution in [1.29, 1.82) is 0 Å². The third kappa shape index (κ3) is 5.92. The molecule has 0 unspecified atom stereocenters. The zero-order valence-corrected chi connectivity index (χ0v) is 21.8. The Balaban J connectivity index is 1.44. The lowest BCUT2D eigenvalue weighted by atomic mass is 9.97. The Bertz CT molecular complexity index is 1270. The van der Waals surface area contributed by atoms with Gasteiger partial charge >= 0.3 is 0 Å². The molecule has 3 aromatic rings. The van der Waals surface area contributed by atoms with E-state index in [1.54, 1.807) is 0 Å². The minimum atomic E-state index is -0.349. The van der Waals surface area contributed by atoms with E-state index in [1.165, 1.54) is 0 Å². The Labute approximate surface area is 213 Å². The third-order valence-electron chi connectivity index (χ3n) is 6.36. The summed E-state index contributed by atoms with van der Waals surface area (Å²) >= 11 is 0. The number of nitrogens with one attached hydrogen (secondary N) is 1. The number of benzene rings is 1. The summed E-state index contributed by atoms with van der Waals surface area (Å²) in [6.45, 7) is 14.9. The standard InChI is InChI=1S/C28H34N6O2/c1-6-7-12-33-13-15-34(16-14-33)24-19-29-11-10-23(24)21-8-9-22(20(2)17-21)18-30-26(35)25-31-27(36-32-25)28(3,4)5/h8-11,17,19H,12-16,18H2,1-5H3,(H,30,35). The fourth-order valence-electron chi connectivity index (χ4n) is 4.16. The molecule has 1 aromatic carbocycles. The first-order valence-electron chi connectivity index (χ1n) is 12.3. The molecule has 8 nitrogen and oxygen atoms in total. The monoisotopic (exact) mass is 486 g/mol. The molecule has 1 saturated heterocycles. The number of nitrogens with zero attached hydrogens (tertiary/aromatic N) is 5. The predicted molar refractivity (Wildman–Crippen MR) is 141 cm³/mol. The molecule has 1 N–H and O–H groups in total. The number of amides is 1. The molecule has 2 aromatic heterocycles. The van der Waals surface area contributed by atoms with Gasteiger partial charge in [0.25, 0.3) is 11.7 Å². The number of piperazine rings is 1. The van der Waals surface area contributed by atoms with Gasteiger partial charge in [-0.05, 0) is 36.6 Å². The Morgan fingerprint density at radius 1 is 1.17 bits per heavy atom. The van der Waals surface area contributed by atoms with E-state index in [1.807, 2.05) is 40.1 Å². The number of carbonyl (C=O) groups is 1. The normalized spacial score (nSPS) is 14.3. The largest absolute Gasteiger partial charge is 0.367 e. The number of rotatable bonds is 6. The minimum absolute atomic E-state index is 0.0532. The molecular formula is C28H34N6O2. The van der Waals surface area contributed by atoms with Gasteiger partial charge in [-0.25, -0.2) is 0 Å². The quantitative estimate of drug-likeness (QED) is 0.530. The number of hydrogen-bond acceptors (Lipinski definition) is 7. The van der Waals surface area contributed by atoms with Crippen molar-refractivity contribution in [1.82, 2.24) is 25.3 Å². The fraction of sp³-hybridized carbons (Fsp3) is 0.429. The van der Waals surface area contributed by atoms with Crippen molar-refractivity contribution in [3.8, 4) is 23.0 Å². The van der Waals surface area contributed by atoms with Crippen molar-refractivity contribution in [2.75, 3.05) is 37.6 Å². The van der Waals surface area contributed by atoms with E-state index in [0.29, 0.717) is 12.4 Å². The predicted octanol–water partition coefficient (Wildman–Crippen LogP) is 3.81. The second-order valence-electron chi connectivity index (χ2n) is 10.1. The molecule has 0 bridgehead atoms. The van der Waals surface area contributed by atoms with Crippen LogP contribution in [0.1, 0.15) is 55.3 Å². The SMILES string of the molecule is CC#CCN1CCN(c2cnccc2-c2ccc(CNC(=O)c3noc(C(C)(C)C)n3)c(C)c2)CC1. The van der Waals surface area contributed by atoms with E-state index in [4.69, 9.17) is 4.52 Å². The van der Waals surface area contributed by atoms with Crippen molar-refractivity contribution in [3.05, 3.63) is 59.5 Å². The number of hydrogen-bond donors (Lipinski definition) is 1. The molecule has 3 heterocycles. The average Bonchev–Trinajstić information content (AvgIpc) is 3.38. The van der Waals surface area contributed by atoms with Crippen molar-refractivity contribution < 1.29 is 9.32 Å². The number of pyridine rings is 1. The van der Waals surface area contributed by atoms with Gasteiger partial charge in [0.05, 0.1) is 18.4 Å². The van der Waals surface area contributed by atoms with Crippen LogP contribution in [0.3, 0.4) is 0 Å². The third-order valence-corrected chi connectivity index (χ3v) is 6.36. The number of carbonyl (C=O) groups excluding carboxylic acids is 1. The Morgan fingerprint density at radius 2 is 1.94 bits per heavy atom. The highest BCUT2D eigenvalue weighted by Crippen LogP contribution is 2.32. The van der Waals surface area contributed by atoms with Gasteiger partial charge in [0.15, 0.2) is 0 Å². The summed E-state index contributed by atoms with van der Waals surface area (Å²) in [7, 11) is 0. The van der Waals surface area contributed by atoms with Gasteiger partial charge in [0, 0.05) is 49.9 Å². The zero-order chi connectivity index (χ0) is 25.7. The second-order valence-corrected chi connectivity index (χ2v) is 10.1. The Hall–Kier alpha value is -3.70. The first-order chi connectivity index (χ1) is 17.3. The van der Waals surface area contributed by atoms with E-state index < -0.39 is 0 Å². The second kappa shape index (κ2) is 10.9. The molecule has 0 spiro atoms. The highest BCUT2D eigenvalue weighted by atomic mass is 16.5. The molecule has 0 atom stereocenters. The summed E-state index contributed by atoms with van der Waals surface area (Å²) in [5.41, 5.74) is 5.27. The molecule has 0 saturated carbocycles.